The summed E-state index contributed by atoms with van der Waals surface area (Å²) in [6, 6.07) is 3.84. The van der Waals surface area contributed by atoms with Crippen LogP contribution in [-0.2, 0) is 4.79 Å². The lowest BCUT2D eigenvalue weighted by Gasteiger charge is -2.19. The van der Waals surface area contributed by atoms with Crippen molar-refractivity contribution < 1.29 is 32.6 Å². The van der Waals surface area contributed by atoms with Crippen molar-refractivity contribution in [3.63, 3.8) is 0 Å². The second-order valence-electron chi connectivity index (χ2n) is 4.69. The first-order valence-corrected chi connectivity index (χ1v) is 6.25. The SMILES string of the molecule is CC(CN(C)C(=O)c1cccc(OCC(F)(F)F)n1)C(=O)O. The van der Waals surface area contributed by atoms with Gasteiger partial charge in [0.2, 0.25) is 5.88 Å². The number of nitrogens with zero attached hydrogens (tertiary/aromatic N) is 2. The van der Waals surface area contributed by atoms with Crippen LogP contribution in [0.3, 0.4) is 0 Å². The Morgan fingerprint density at radius 2 is 2.05 bits per heavy atom. The fourth-order valence-electron chi connectivity index (χ4n) is 1.54. The standard InChI is InChI=1S/C13H15F3N2O4/c1-8(12(20)21)6-18(2)11(19)9-4-3-5-10(17-9)22-7-13(14,15)16/h3-5,8H,6-7H2,1-2H3,(H,20,21). The first-order chi connectivity index (χ1) is 10.1. The molecular formula is C13H15F3N2O4. The number of ether oxygens (including phenoxy) is 1. The maximum atomic E-state index is 12.1. The lowest BCUT2D eigenvalue weighted by molar-refractivity contribution is -0.154. The second-order valence-corrected chi connectivity index (χ2v) is 4.69. The van der Waals surface area contributed by atoms with Gasteiger partial charge in [-0.3, -0.25) is 9.59 Å². The molecule has 0 aliphatic heterocycles. The van der Waals surface area contributed by atoms with Gasteiger partial charge in [0.05, 0.1) is 5.92 Å². The van der Waals surface area contributed by atoms with E-state index in [0.717, 1.165) is 4.90 Å². The molecule has 9 heteroatoms. The molecule has 0 aliphatic carbocycles. The molecule has 6 nitrogen and oxygen atoms in total. The van der Waals surface area contributed by atoms with Crippen molar-refractivity contribution in [3.8, 4) is 5.88 Å². The van der Waals surface area contributed by atoms with E-state index in [1.165, 1.54) is 32.2 Å². The highest BCUT2D eigenvalue weighted by Gasteiger charge is 2.29. The molecule has 1 heterocycles. The highest BCUT2D eigenvalue weighted by molar-refractivity contribution is 5.92. The van der Waals surface area contributed by atoms with Crippen LogP contribution in [0.15, 0.2) is 18.2 Å². The highest BCUT2D eigenvalue weighted by Crippen LogP contribution is 2.17. The number of rotatable bonds is 6. The molecular weight excluding hydrogens is 305 g/mol. The number of pyridine rings is 1. The molecule has 22 heavy (non-hydrogen) atoms. The Balaban J connectivity index is 2.75. The van der Waals surface area contributed by atoms with Crippen molar-refractivity contribution in [3.05, 3.63) is 23.9 Å². The van der Waals surface area contributed by atoms with Gasteiger partial charge >= 0.3 is 12.1 Å². The molecule has 0 bridgehead atoms. The van der Waals surface area contributed by atoms with E-state index in [9.17, 15) is 22.8 Å². The van der Waals surface area contributed by atoms with E-state index in [-0.39, 0.29) is 18.1 Å². The molecule has 0 aromatic carbocycles. The summed E-state index contributed by atoms with van der Waals surface area (Å²) in [5, 5.41) is 8.79. The van der Waals surface area contributed by atoms with E-state index in [1.807, 2.05) is 0 Å². The van der Waals surface area contributed by atoms with Gasteiger partial charge in [-0.05, 0) is 6.07 Å². The van der Waals surface area contributed by atoms with Crippen LogP contribution < -0.4 is 4.74 Å². The molecule has 0 spiro atoms. The number of alkyl halides is 3. The lowest BCUT2D eigenvalue weighted by atomic mass is 10.1. The number of halogens is 3. The molecule has 1 aromatic heterocycles. The van der Waals surface area contributed by atoms with Crippen LogP contribution in [0.4, 0.5) is 13.2 Å². The Morgan fingerprint density at radius 1 is 1.41 bits per heavy atom. The normalized spacial score (nSPS) is 12.6. The summed E-state index contributed by atoms with van der Waals surface area (Å²) >= 11 is 0. The molecule has 0 fully saturated rings. The summed E-state index contributed by atoms with van der Waals surface area (Å²) in [6.07, 6.45) is -4.50. The maximum absolute atomic E-state index is 12.1. The van der Waals surface area contributed by atoms with Gasteiger partial charge in [0.15, 0.2) is 6.61 Å². The van der Waals surface area contributed by atoms with Gasteiger partial charge in [0.1, 0.15) is 5.69 Å². The van der Waals surface area contributed by atoms with Crippen LogP contribution in [0.2, 0.25) is 0 Å². The van der Waals surface area contributed by atoms with Gasteiger partial charge in [-0.1, -0.05) is 13.0 Å². The number of aromatic nitrogens is 1. The zero-order valence-corrected chi connectivity index (χ0v) is 11.9. The summed E-state index contributed by atoms with van der Waals surface area (Å²) in [4.78, 5) is 27.6. The van der Waals surface area contributed by atoms with E-state index >= 15 is 0 Å². The Labute approximate surface area is 124 Å². The van der Waals surface area contributed by atoms with Gasteiger partial charge in [0, 0.05) is 19.7 Å². The van der Waals surface area contributed by atoms with Gasteiger partial charge in [-0.25, -0.2) is 4.98 Å². The molecule has 1 amide bonds. The van der Waals surface area contributed by atoms with Crippen LogP contribution in [0.5, 0.6) is 5.88 Å². The minimum absolute atomic E-state index is 0.0521. The highest BCUT2D eigenvalue weighted by atomic mass is 19.4. The average molecular weight is 320 g/mol. The van der Waals surface area contributed by atoms with Gasteiger partial charge < -0.3 is 14.7 Å². The van der Waals surface area contributed by atoms with Crippen LogP contribution in [-0.4, -0.2) is 53.2 Å². The third kappa shape index (κ3) is 5.58. The van der Waals surface area contributed by atoms with E-state index in [2.05, 4.69) is 9.72 Å². The number of carbonyl (C=O) groups excluding carboxylic acids is 1. The van der Waals surface area contributed by atoms with Gasteiger partial charge in [-0.15, -0.1) is 0 Å². The van der Waals surface area contributed by atoms with Crippen LogP contribution in [0.1, 0.15) is 17.4 Å². The van der Waals surface area contributed by atoms with E-state index in [0.29, 0.717) is 0 Å². The average Bonchev–Trinajstić information content (AvgIpc) is 2.43. The predicted molar refractivity (Wildman–Crippen MR) is 69.5 cm³/mol. The fourth-order valence-corrected chi connectivity index (χ4v) is 1.54. The fraction of sp³-hybridized carbons (Fsp3) is 0.462. The van der Waals surface area contributed by atoms with Crippen molar-refractivity contribution in [2.75, 3.05) is 20.2 Å². The first kappa shape index (κ1) is 17.7. The van der Waals surface area contributed by atoms with Gasteiger partial charge in [-0.2, -0.15) is 13.2 Å². The summed E-state index contributed by atoms with van der Waals surface area (Å²) < 4.78 is 40.7. The van der Waals surface area contributed by atoms with Crippen LogP contribution in [0.25, 0.3) is 0 Å². The van der Waals surface area contributed by atoms with Crippen molar-refractivity contribution in [1.29, 1.82) is 0 Å². The zero-order valence-electron chi connectivity index (χ0n) is 11.9. The van der Waals surface area contributed by atoms with Crippen molar-refractivity contribution in [2.45, 2.75) is 13.1 Å². The monoisotopic (exact) mass is 320 g/mol. The molecule has 1 rings (SSSR count). The topological polar surface area (TPSA) is 79.7 Å². The minimum Gasteiger partial charge on any atom is -0.481 e. The zero-order chi connectivity index (χ0) is 16.9. The number of hydrogen-bond donors (Lipinski definition) is 1. The molecule has 0 aliphatic rings. The molecule has 0 saturated carbocycles. The Morgan fingerprint density at radius 3 is 2.59 bits per heavy atom. The largest absolute Gasteiger partial charge is 0.481 e. The molecule has 1 atom stereocenters. The van der Waals surface area contributed by atoms with E-state index in [1.54, 1.807) is 0 Å². The summed E-state index contributed by atoms with van der Waals surface area (Å²) in [5.41, 5.74) is -0.125. The number of carbonyl (C=O) groups is 2. The summed E-state index contributed by atoms with van der Waals surface area (Å²) in [6.45, 7) is -0.130. The minimum atomic E-state index is -4.50. The first-order valence-electron chi connectivity index (χ1n) is 6.25. The smallest absolute Gasteiger partial charge is 0.422 e. The summed E-state index contributed by atoms with van der Waals surface area (Å²) in [7, 11) is 1.38. The van der Waals surface area contributed by atoms with E-state index < -0.39 is 30.6 Å². The molecule has 1 unspecified atom stereocenters. The molecule has 1 aromatic rings. The van der Waals surface area contributed by atoms with Crippen molar-refractivity contribution in [1.82, 2.24) is 9.88 Å². The van der Waals surface area contributed by atoms with E-state index in [4.69, 9.17) is 5.11 Å². The third-order valence-electron chi connectivity index (χ3n) is 2.64. The molecule has 122 valence electrons. The van der Waals surface area contributed by atoms with Gasteiger partial charge in [0.25, 0.3) is 5.91 Å². The molecule has 1 N–H and O–H groups in total. The summed E-state index contributed by atoms with van der Waals surface area (Å²) in [5.74, 6) is -2.78. The number of aliphatic carboxylic acids is 1. The predicted octanol–water partition coefficient (Wildman–Crippen LogP) is 1.82. The number of carboxylic acid groups (broad SMARTS) is 1. The Kier molecular flexibility index (Phi) is 5.72. The Hall–Kier alpha value is -2.32. The quantitative estimate of drug-likeness (QED) is 0.865. The molecule has 0 saturated heterocycles. The lowest BCUT2D eigenvalue weighted by Crippen LogP contribution is -2.34. The Bertz CT molecular complexity index is 548. The molecule has 0 radical (unpaired) electrons. The third-order valence-corrected chi connectivity index (χ3v) is 2.64. The number of hydrogen-bond acceptors (Lipinski definition) is 4. The van der Waals surface area contributed by atoms with Crippen molar-refractivity contribution in [2.24, 2.45) is 5.92 Å². The number of amides is 1. The van der Waals surface area contributed by atoms with Crippen LogP contribution >= 0.6 is 0 Å². The number of carboxylic acids is 1. The van der Waals surface area contributed by atoms with Crippen molar-refractivity contribution >= 4 is 11.9 Å². The van der Waals surface area contributed by atoms with Crippen LogP contribution in [0, 0.1) is 5.92 Å². The second kappa shape index (κ2) is 7.10. The maximum Gasteiger partial charge on any atom is 0.422 e.